The maximum Gasteiger partial charge on any atom is 0.410 e. The monoisotopic (exact) mass is 1080 g/mol. The summed E-state index contributed by atoms with van der Waals surface area (Å²) in [6, 6.07) is 23.4. The highest BCUT2D eigenvalue weighted by atomic mass is 79.9. The predicted molar refractivity (Wildman–Crippen MR) is 247 cm³/mol. The first kappa shape index (κ1) is 44.8. The Morgan fingerprint density at radius 2 is 1.08 bits per heavy atom. The fourth-order valence-electron chi connectivity index (χ4n) is 7.16. The number of benzene rings is 2. The number of halogens is 4. The third kappa shape index (κ3) is 11.8. The summed E-state index contributed by atoms with van der Waals surface area (Å²) in [7, 11) is 0. The number of aromatic nitrogens is 8. The Hall–Kier alpha value is -4.23. The molecule has 2 saturated heterocycles. The molecule has 2 aliphatic rings. The van der Waals surface area contributed by atoms with Gasteiger partial charge in [0.1, 0.15) is 28.5 Å². The van der Waals surface area contributed by atoms with Crippen LogP contribution in [0.2, 0.25) is 0 Å². The number of amides is 1. The topological polar surface area (TPSA) is 147 Å². The number of carbonyl (C=O) groups excluding carboxylic acids is 1. The van der Waals surface area contributed by atoms with Crippen LogP contribution in [0.1, 0.15) is 69.9 Å². The average molecular weight is 1090 g/mol. The predicted octanol–water partition coefficient (Wildman–Crippen LogP) is 11.4. The van der Waals surface area contributed by atoms with E-state index in [4.69, 9.17) is 24.2 Å². The summed E-state index contributed by atoms with van der Waals surface area (Å²) in [5, 5.41) is 20.8. The molecule has 14 nitrogen and oxygen atoms in total. The van der Waals surface area contributed by atoms with Crippen molar-refractivity contribution in [2.24, 2.45) is 0 Å². The molecule has 18 heteroatoms. The summed E-state index contributed by atoms with van der Waals surface area (Å²) < 4.78 is 25.1. The van der Waals surface area contributed by atoms with Crippen LogP contribution in [-0.4, -0.2) is 82.7 Å². The van der Waals surface area contributed by atoms with Crippen LogP contribution >= 0.6 is 63.7 Å². The zero-order valence-corrected chi connectivity index (χ0v) is 40.8. The summed E-state index contributed by atoms with van der Waals surface area (Å²) in [5.74, 6) is 2.40. The van der Waals surface area contributed by atoms with Gasteiger partial charge in [0.25, 0.3) is 0 Å². The summed E-state index contributed by atoms with van der Waals surface area (Å²) in [4.78, 5) is 23.6. The van der Waals surface area contributed by atoms with Gasteiger partial charge in [0.15, 0.2) is 0 Å². The smallest absolute Gasteiger partial charge is 0.410 e. The van der Waals surface area contributed by atoms with E-state index >= 15 is 0 Å². The number of aryl methyl sites for hydroxylation is 2. The second kappa shape index (κ2) is 19.9. The number of piperidine rings is 2. The molecular weight excluding hydrogens is 1040 g/mol. The molecule has 1 amide bonds. The SMILES string of the molecule is Cc1nnn(C2CCN(C(=O)OC(C)(C)C)CC2)c1-c1cccc(Oc2cc(Br)cc(Br)c2)n1.Cc1nnn(C2CCNCC2)c1-c1cccc(Oc2cc(Br)cc(Br)c2)n1. The van der Waals surface area contributed by atoms with Crippen LogP contribution in [0.25, 0.3) is 22.8 Å². The van der Waals surface area contributed by atoms with Crippen LogP contribution in [0.3, 0.4) is 0 Å². The highest BCUT2D eigenvalue weighted by Gasteiger charge is 2.30. The van der Waals surface area contributed by atoms with Crippen molar-refractivity contribution >= 4 is 69.8 Å². The Kier molecular flexibility index (Phi) is 14.6. The number of carbonyl (C=O) groups is 1. The molecule has 1 N–H and O–H groups in total. The van der Waals surface area contributed by atoms with Gasteiger partial charge in [-0.25, -0.2) is 24.1 Å². The van der Waals surface area contributed by atoms with Crippen molar-refractivity contribution in [2.75, 3.05) is 26.2 Å². The number of likely N-dealkylation sites (tertiary alicyclic amines) is 1. The van der Waals surface area contributed by atoms with Crippen molar-refractivity contribution in [1.82, 2.24) is 50.2 Å². The fourth-order valence-corrected chi connectivity index (χ4v) is 9.66. The number of pyridine rings is 2. The van der Waals surface area contributed by atoms with Gasteiger partial charge in [0.05, 0.1) is 34.9 Å². The summed E-state index contributed by atoms with van der Waals surface area (Å²) >= 11 is 13.9. The van der Waals surface area contributed by atoms with Crippen LogP contribution in [0.4, 0.5) is 4.79 Å². The van der Waals surface area contributed by atoms with Gasteiger partial charge in [-0.05, 0) is 122 Å². The van der Waals surface area contributed by atoms with E-state index in [1.54, 1.807) is 4.90 Å². The van der Waals surface area contributed by atoms with Crippen molar-refractivity contribution in [3.05, 3.63) is 102 Å². The normalized spacial score (nSPS) is 14.9. The summed E-state index contributed by atoms with van der Waals surface area (Å²) in [6.45, 7) is 12.7. The highest BCUT2D eigenvalue weighted by molar-refractivity contribution is 9.11. The van der Waals surface area contributed by atoms with Gasteiger partial charge in [0, 0.05) is 43.1 Å². The molecule has 6 aromatic rings. The third-order valence-electron chi connectivity index (χ3n) is 9.89. The zero-order valence-electron chi connectivity index (χ0n) is 34.4. The second-order valence-corrected chi connectivity index (χ2v) is 19.4. The number of rotatable bonds is 8. The molecule has 320 valence electrons. The Morgan fingerprint density at radius 1 is 0.656 bits per heavy atom. The quantitative estimate of drug-likeness (QED) is 0.155. The number of hydrogen-bond acceptors (Lipinski definition) is 11. The van der Waals surface area contributed by atoms with E-state index in [1.165, 1.54) is 0 Å². The maximum absolute atomic E-state index is 12.4. The first-order chi connectivity index (χ1) is 29.2. The second-order valence-electron chi connectivity index (χ2n) is 15.8. The van der Waals surface area contributed by atoms with Crippen LogP contribution < -0.4 is 14.8 Å². The molecular formula is C43H46Br4N10O4. The lowest BCUT2D eigenvalue weighted by molar-refractivity contribution is 0.0184. The minimum Gasteiger partial charge on any atom is -0.444 e. The molecule has 61 heavy (non-hydrogen) atoms. The van der Waals surface area contributed by atoms with Gasteiger partial charge in [0.2, 0.25) is 11.8 Å². The third-order valence-corrected chi connectivity index (χ3v) is 11.7. The van der Waals surface area contributed by atoms with E-state index in [2.05, 4.69) is 89.7 Å². The zero-order chi connectivity index (χ0) is 43.3. The number of nitrogens with one attached hydrogen (secondary N) is 1. The molecule has 0 radical (unpaired) electrons. The van der Waals surface area contributed by atoms with E-state index in [9.17, 15) is 4.79 Å². The lowest BCUT2D eigenvalue weighted by Crippen LogP contribution is -2.42. The number of hydrogen-bond donors (Lipinski definition) is 1. The van der Waals surface area contributed by atoms with E-state index in [-0.39, 0.29) is 12.1 Å². The molecule has 4 aromatic heterocycles. The van der Waals surface area contributed by atoms with Gasteiger partial charge < -0.3 is 24.4 Å². The molecule has 2 aliphatic heterocycles. The molecule has 0 unspecified atom stereocenters. The van der Waals surface area contributed by atoms with E-state index in [0.29, 0.717) is 42.4 Å². The van der Waals surface area contributed by atoms with Crippen molar-refractivity contribution in [2.45, 2.75) is 78.0 Å². The van der Waals surface area contributed by atoms with E-state index < -0.39 is 5.60 Å². The van der Waals surface area contributed by atoms with Crippen molar-refractivity contribution in [1.29, 1.82) is 0 Å². The van der Waals surface area contributed by atoms with Crippen LogP contribution in [0, 0.1) is 13.8 Å². The standard InChI is InChI=1S/C24H27Br2N5O3.C19H19Br2N5O/c1-15-22(20-6-5-7-21(27-20)33-19-13-16(25)12-17(26)14-19)31(29-28-15)18-8-10-30(11-9-18)23(32)34-24(2,3)4;1-12-19(26(25-24-12)15-5-7-22-8-6-15)17-3-2-4-18(23-17)27-16-10-13(20)9-14(21)11-16/h5-7,12-14,18H,8-11H2,1-4H3;2-4,9-11,15,22H,5-8H2,1H3. The fraction of sp³-hybridized carbons (Fsp3) is 0.372. The first-order valence-corrected chi connectivity index (χ1v) is 23.1. The van der Waals surface area contributed by atoms with Gasteiger partial charge in [-0.1, -0.05) is 86.3 Å². The Balaban J connectivity index is 0.000000189. The minimum atomic E-state index is -0.505. The molecule has 8 rings (SSSR count). The Bertz CT molecular complexity index is 2440. The molecule has 2 fully saturated rings. The summed E-state index contributed by atoms with van der Waals surface area (Å²) in [6.07, 6.45) is 3.33. The lowest BCUT2D eigenvalue weighted by Gasteiger charge is -2.33. The maximum atomic E-state index is 12.4. The largest absolute Gasteiger partial charge is 0.444 e. The molecule has 0 saturated carbocycles. The molecule has 0 bridgehead atoms. The lowest BCUT2D eigenvalue weighted by atomic mass is 10.0. The van der Waals surface area contributed by atoms with Gasteiger partial charge in [-0.2, -0.15) is 0 Å². The summed E-state index contributed by atoms with van der Waals surface area (Å²) in [5.41, 5.74) is 4.55. The minimum absolute atomic E-state index is 0.113. The number of nitrogens with zero attached hydrogens (tertiary/aromatic N) is 9. The average Bonchev–Trinajstić information content (AvgIpc) is 3.79. The van der Waals surface area contributed by atoms with E-state index in [0.717, 1.165) is 90.8 Å². The van der Waals surface area contributed by atoms with Crippen molar-refractivity contribution in [3.8, 4) is 46.0 Å². The van der Waals surface area contributed by atoms with Crippen LogP contribution in [0.5, 0.6) is 23.3 Å². The molecule has 6 heterocycles. The highest BCUT2D eigenvalue weighted by Crippen LogP contribution is 2.34. The molecule has 2 aromatic carbocycles. The Labute approximate surface area is 388 Å². The van der Waals surface area contributed by atoms with Crippen molar-refractivity contribution in [3.63, 3.8) is 0 Å². The van der Waals surface area contributed by atoms with Crippen molar-refractivity contribution < 1.29 is 19.0 Å². The van der Waals surface area contributed by atoms with Crippen LogP contribution in [-0.2, 0) is 4.74 Å². The van der Waals surface area contributed by atoms with Gasteiger partial charge >= 0.3 is 6.09 Å². The number of ether oxygens (including phenoxy) is 3. The van der Waals surface area contributed by atoms with Gasteiger partial charge in [-0.3, -0.25) is 0 Å². The molecule has 0 aliphatic carbocycles. The first-order valence-electron chi connectivity index (χ1n) is 19.9. The van der Waals surface area contributed by atoms with E-state index in [1.807, 2.05) is 117 Å². The molecule has 0 spiro atoms. The molecule has 0 atom stereocenters. The van der Waals surface area contributed by atoms with Gasteiger partial charge in [-0.15, -0.1) is 10.2 Å². The Morgan fingerprint density at radius 3 is 1.51 bits per heavy atom. The van der Waals surface area contributed by atoms with Crippen LogP contribution in [0.15, 0.2) is 90.7 Å².